The van der Waals surface area contributed by atoms with Gasteiger partial charge in [0.05, 0.1) is 13.7 Å². The molecule has 0 spiro atoms. The van der Waals surface area contributed by atoms with Gasteiger partial charge in [-0.15, -0.1) is 24.0 Å². The Bertz CT molecular complexity index is 528. The molecule has 0 bridgehead atoms. The zero-order valence-corrected chi connectivity index (χ0v) is 19.2. The average molecular weight is 478 g/mol. The van der Waals surface area contributed by atoms with Crippen molar-refractivity contribution in [2.75, 3.05) is 40.8 Å². The van der Waals surface area contributed by atoms with E-state index in [1.807, 2.05) is 31.2 Å². The lowest BCUT2D eigenvalue weighted by atomic mass is 10.2. The van der Waals surface area contributed by atoms with Gasteiger partial charge in [-0.05, 0) is 39.4 Å². The number of nitrogens with one attached hydrogen (secondary N) is 2. The van der Waals surface area contributed by atoms with Gasteiger partial charge in [-0.2, -0.15) is 0 Å². The zero-order valence-electron chi connectivity index (χ0n) is 16.9. The molecule has 0 aliphatic carbocycles. The first-order valence-electron chi connectivity index (χ1n) is 8.95. The van der Waals surface area contributed by atoms with Crippen LogP contribution in [-0.2, 0) is 0 Å². The Morgan fingerprint density at radius 2 is 1.92 bits per heavy atom. The third-order valence-corrected chi connectivity index (χ3v) is 4.26. The number of halogens is 1. The minimum absolute atomic E-state index is 0. The predicted molar refractivity (Wildman–Crippen MR) is 120 cm³/mol. The van der Waals surface area contributed by atoms with Gasteiger partial charge >= 0.3 is 0 Å². The summed E-state index contributed by atoms with van der Waals surface area (Å²) >= 11 is 0. The van der Waals surface area contributed by atoms with E-state index >= 15 is 0 Å². The van der Waals surface area contributed by atoms with Gasteiger partial charge in [-0.1, -0.05) is 13.0 Å². The molecule has 2 atom stereocenters. The van der Waals surface area contributed by atoms with Gasteiger partial charge in [0.1, 0.15) is 17.6 Å². The first kappa shape index (κ1) is 24.8. The van der Waals surface area contributed by atoms with Crippen molar-refractivity contribution in [3.8, 4) is 11.5 Å². The molecule has 0 amide bonds. The molecule has 7 heteroatoms. The maximum Gasteiger partial charge on any atom is 0.191 e. The molecule has 0 saturated carbocycles. The Kier molecular flexibility index (Phi) is 13.3. The van der Waals surface area contributed by atoms with Crippen LogP contribution >= 0.6 is 24.0 Å². The second-order valence-corrected chi connectivity index (χ2v) is 6.23. The van der Waals surface area contributed by atoms with Crippen LogP contribution in [-0.4, -0.2) is 63.8 Å². The summed E-state index contributed by atoms with van der Waals surface area (Å²) < 4.78 is 11.1. The number of rotatable bonds is 10. The maximum absolute atomic E-state index is 5.91. The SMILES string of the molecule is CCC(C)N(C)CCNC(=NC)NCC(C)Oc1cccc(OC)c1.I. The van der Waals surface area contributed by atoms with E-state index in [-0.39, 0.29) is 30.1 Å². The van der Waals surface area contributed by atoms with Crippen molar-refractivity contribution >= 4 is 29.9 Å². The van der Waals surface area contributed by atoms with Gasteiger partial charge < -0.3 is 25.0 Å². The molecule has 0 radical (unpaired) electrons. The van der Waals surface area contributed by atoms with Crippen LogP contribution in [0.1, 0.15) is 27.2 Å². The van der Waals surface area contributed by atoms with Crippen molar-refractivity contribution in [1.82, 2.24) is 15.5 Å². The van der Waals surface area contributed by atoms with E-state index in [0.717, 1.165) is 37.0 Å². The highest BCUT2D eigenvalue weighted by molar-refractivity contribution is 14.0. The van der Waals surface area contributed by atoms with E-state index in [1.54, 1.807) is 14.2 Å². The van der Waals surface area contributed by atoms with Crippen molar-refractivity contribution in [3.05, 3.63) is 24.3 Å². The molecule has 1 aromatic carbocycles. The molecule has 0 saturated heterocycles. The van der Waals surface area contributed by atoms with Crippen LogP contribution < -0.4 is 20.1 Å². The second kappa shape index (κ2) is 13.9. The third kappa shape index (κ3) is 9.47. The van der Waals surface area contributed by atoms with E-state index in [9.17, 15) is 0 Å². The molecule has 0 aliphatic rings. The Labute approximate surface area is 175 Å². The molecule has 2 N–H and O–H groups in total. The number of benzene rings is 1. The van der Waals surface area contributed by atoms with Crippen LogP contribution in [0.25, 0.3) is 0 Å². The number of methoxy groups -OCH3 is 1. The fraction of sp³-hybridized carbons (Fsp3) is 0.632. The summed E-state index contributed by atoms with van der Waals surface area (Å²) in [4.78, 5) is 6.60. The number of aliphatic imine (C=N–C) groups is 1. The van der Waals surface area contributed by atoms with Crippen molar-refractivity contribution in [1.29, 1.82) is 0 Å². The molecule has 0 aliphatic heterocycles. The highest BCUT2D eigenvalue weighted by Gasteiger charge is 2.08. The molecule has 0 fully saturated rings. The number of ether oxygens (including phenoxy) is 2. The molecule has 1 aromatic rings. The summed E-state index contributed by atoms with van der Waals surface area (Å²) in [5, 5.41) is 6.64. The largest absolute Gasteiger partial charge is 0.497 e. The molecule has 6 nitrogen and oxygen atoms in total. The number of hydrogen-bond acceptors (Lipinski definition) is 4. The molecule has 26 heavy (non-hydrogen) atoms. The quantitative estimate of drug-likeness (QED) is 0.308. The highest BCUT2D eigenvalue weighted by atomic mass is 127. The molecular formula is C19H35IN4O2. The molecular weight excluding hydrogens is 443 g/mol. The third-order valence-electron chi connectivity index (χ3n) is 4.26. The fourth-order valence-electron chi connectivity index (χ4n) is 2.29. The van der Waals surface area contributed by atoms with Gasteiger partial charge in [0.15, 0.2) is 5.96 Å². The lowest BCUT2D eigenvalue weighted by molar-refractivity contribution is 0.222. The Hall–Kier alpha value is -1.22. The van der Waals surface area contributed by atoms with E-state index < -0.39 is 0 Å². The second-order valence-electron chi connectivity index (χ2n) is 6.23. The van der Waals surface area contributed by atoms with Crippen LogP contribution in [0.4, 0.5) is 0 Å². The summed E-state index contributed by atoms with van der Waals surface area (Å²) in [6.07, 6.45) is 1.16. The highest BCUT2D eigenvalue weighted by Crippen LogP contribution is 2.19. The van der Waals surface area contributed by atoms with Crippen molar-refractivity contribution < 1.29 is 9.47 Å². The first-order chi connectivity index (χ1) is 12.0. The summed E-state index contributed by atoms with van der Waals surface area (Å²) in [6, 6.07) is 8.22. The standard InChI is InChI=1S/C19H34N4O2.HI/c1-7-15(2)23(5)12-11-21-19(20-4)22-14-16(3)25-18-10-8-9-17(13-18)24-6;/h8-10,13,15-16H,7,11-12,14H2,1-6H3,(H2,20,21,22);1H. The smallest absolute Gasteiger partial charge is 0.191 e. The summed E-state index contributed by atoms with van der Waals surface area (Å²) in [7, 11) is 5.58. The molecule has 2 unspecified atom stereocenters. The van der Waals surface area contributed by atoms with E-state index in [1.165, 1.54) is 0 Å². The summed E-state index contributed by atoms with van der Waals surface area (Å²) in [6.45, 7) is 8.97. The summed E-state index contributed by atoms with van der Waals surface area (Å²) in [5.74, 6) is 2.38. The lowest BCUT2D eigenvalue weighted by Gasteiger charge is -2.24. The summed E-state index contributed by atoms with van der Waals surface area (Å²) in [5.41, 5.74) is 0. The van der Waals surface area contributed by atoms with Gasteiger partial charge in [-0.25, -0.2) is 0 Å². The molecule has 1 rings (SSSR count). The number of likely N-dealkylation sites (N-methyl/N-ethyl adjacent to an activating group) is 1. The topological polar surface area (TPSA) is 58.1 Å². The molecule has 0 aromatic heterocycles. The average Bonchev–Trinajstić information content (AvgIpc) is 2.63. The van der Waals surface area contributed by atoms with Crippen LogP contribution in [0.5, 0.6) is 11.5 Å². The minimum atomic E-state index is 0. The van der Waals surface area contributed by atoms with E-state index in [4.69, 9.17) is 9.47 Å². The number of nitrogens with zero attached hydrogens (tertiary/aromatic N) is 2. The Morgan fingerprint density at radius 3 is 2.54 bits per heavy atom. The van der Waals surface area contributed by atoms with Gasteiger partial charge in [0.25, 0.3) is 0 Å². The maximum atomic E-state index is 5.91. The fourth-order valence-corrected chi connectivity index (χ4v) is 2.29. The predicted octanol–water partition coefficient (Wildman–Crippen LogP) is 2.98. The van der Waals surface area contributed by atoms with Crippen molar-refractivity contribution in [2.24, 2.45) is 4.99 Å². The van der Waals surface area contributed by atoms with Crippen LogP contribution in [0.15, 0.2) is 29.3 Å². The Morgan fingerprint density at radius 1 is 1.23 bits per heavy atom. The molecule has 0 heterocycles. The Balaban J connectivity index is 0.00000625. The zero-order chi connectivity index (χ0) is 18.7. The normalized spacial score (nSPS) is 13.6. The van der Waals surface area contributed by atoms with Gasteiger partial charge in [0.2, 0.25) is 0 Å². The number of guanidine groups is 1. The van der Waals surface area contributed by atoms with Crippen LogP contribution in [0.2, 0.25) is 0 Å². The monoisotopic (exact) mass is 478 g/mol. The lowest BCUT2D eigenvalue weighted by Crippen LogP contribution is -2.44. The number of hydrogen-bond donors (Lipinski definition) is 2. The van der Waals surface area contributed by atoms with Crippen LogP contribution in [0, 0.1) is 0 Å². The van der Waals surface area contributed by atoms with E-state index in [2.05, 4.69) is 41.4 Å². The molecule has 150 valence electrons. The van der Waals surface area contributed by atoms with Gasteiger partial charge in [0, 0.05) is 32.2 Å². The van der Waals surface area contributed by atoms with Crippen LogP contribution in [0.3, 0.4) is 0 Å². The van der Waals surface area contributed by atoms with E-state index in [0.29, 0.717) is 12.6 Å². The first-order valence-corrected chi connectivity index (χ1v) is 8.95. The van der Waals surface area contributed by atoms with Crippen molar-refractivity contribution in [3.63, 3.8) is 0 Å². The minimum Gasteiger partial charge on any atom is -0.497 e. The van der Waals surface area contributed by atoms with Gasteiger partial charge in [-0.3, -0.25) is 4.99 Å². The van der Waals surface area contributed by atoms with Crippen molar-refractivity contribution in [2.45, 2.75) is 39.3 Å².